The molecule has 0 saturated carbocycles. The molecule has 0 bridgehead atoms. The van der Waals surface area contributed by atoms with Crippen molar-refractivity contribution >= 4 is 52.4 Å². The molecule has 0 spiro atoms. The third-order valence-electron chi connectivity index (χ3n) is 6.36. The number of aryl methyl sites for hydroxylation is 2. The van der Waals surface area contributed by atoms with Crippen molar-refractivity contribution in [2.24, 2.45) is 0 Å². The number of ether oxygens (including phenoxy) is 1. The largest absolute Gasteiger partial charge is 0.459 e. The zero-order chi connectivity index (χ0) is 29.0. The van der Waals surface area contributed by atoms with Crippen LogP contribution < -0.4 is 15.5 Å². The molecular weight excluding hydrogens is 530 g/mol. The highest BCUT2D eigenvalue weighted by Gasteiger charge is 2.39. The number of esters is 1. The van der Waals surface area contributed by atoms with Crippen molar-refractivity contribution in [1.29, 1.82) is 0 Å². The Morgan fingerprint density at radius 2 is 1.50 bits per heavy atom. The second-order valence-corrected chi connectivity index (χ2v) is 9.83. The molecule has 206 valence electrons. The Balaban J connectivity index is 1.49. The van der Waals surface area contributed by atoms with Crippen molar-refractivity contribution in [1.82, 2.24) is 0 Å². The van der Waals surface area contributed by atoms with Gasteiger partial charge in [-0.05, 0) is 80.3 Å². The SMILES string of the molecule is CCc1cccc(CC)c1NC(=O)c1ccc(NC2=C(Cl)C(=O)N(c3cccc(C(=O)OC(C)C)c3)C2=O)cc1. The zero-order valence-electron chi connectivity index (χ0n) is 22.7. The van der Waals surface area contributed by atoms with Crippen molar-refractivity contribution in [3.8, 4) is 0 Å². The molecule has 4 rings (SSSR count). The van der Waals surface area contributed by atoms with Gasteiger partial charge in [0, 0.05) is 16.9 Å². The number of carbonyl (C=O) groups is 4. The summed E-state index contributed by atoms with van der Waals surface area (Å²) in [5.74, 6) is -2.22. The average Bonchev–Trinajstić information content (AvgIpc) is 3.15. The number of hydrogen-bond acceptors (Lipinski definition) is 6. The summed E-state index contributed by atoms with van der Waals surface area (Å²) in [6.45, 7) is 7.53. The average molecular weight is 560 g/mol. The molecular formula is C31H30ClN3O5. The van der Waals surface area contributed by atoms with Crippen LogP contribution in [0.4, 0.5) is 17.1 Å². The highest BCUT2D eigenvalue weighted by atomic mass is 35.5. The van der Waals surface area contributed by atoms with Gasteiger partial charge in [-0.15, -0.1) is 0 Å². The van der Waals surface area contributed by atoms with Crippen LogP contribution >= 0.6 is 11.6 Å². The third kappa shape index (κ3) is 5.92. The number of carbonyl (C=O) groups excluding carboxylic acids is 4. The zero-order valence-corrected chi connectivity index (χ0v) is 23.5. The second kappa shape index (κ2) is 12.2. The highest BCUT2D eigenvalue weighted by Crippen LogP contribution is 2.31. The van der Waals surface area contributed by atoms with E-state index in [9.17, 15) is 19.2 Å². The molecule has 2 N–H and O–H groups in total. The molecule has 3 amide bonds. The predicted octanol–water partition coefficient (Wildman–Crippen LogP) is 6.06. The summed E-state index contributed by atoms with van der Waals surface area (Å²) in [5.41, 5.74) is 4.12. The normalized spacial score (nSPS) is 13.2. The van der Waals surface area contributed by atoms with E-state index in [0.717, 1.165) is 34.6 Å². The van der Waals surface area contributed by atoms with Crippen LogP contribution in [0.15, 0.2) is 77.5 Å². The summed E-state index contributed by atoms with van der Waals surface area (Å²) in [6.07, 6.45) is 1.26. The lowest BCUT2D eigenvalue weighted by molar-refractivity contribution is -0.120. The van der Waals surface area contributed by atoms with Crippen LogP contribution in [0.1, 0.15) is 59.5 Å². The summed E-state index contributed by atoms with van der Waals surface area (Å²) >= 11 is 6.27. The molecule has 3 aromatic rings. The minimum Gasteiger partial charge on any atom is -0.459 e. The Morgan fingerprint density at radius 3 is 2.10 bits per heavy atom. The van der Waals surface area contributed by atoms with E-state index in [4.69, 9.17) is 16.3 Å². The van der Waals surface area contributed by atoms with Crippen molar-refractivity contribution in [3.63, 3.8) is 0 Å². The number of amides is 3. The minimum atomic E-state index is -0.721. The first kappa shape index (κ1) is 28.6. The van der Waals surface area contributed by atoms with E-state index in [1.807, 2.05) is 32.0 Å². The molecule has 0 fully saturated rings. The number of hydrogen-bond donors (Lipinski definition) is 2. The fourth-order valence-corrected chi connectivity index (χ4v) is 4.55. The first-order chi connectivity index (χ1) is 19.1. The van der Waals surface area contributed by atoms with Crippen molar-refractivity contribution in [2.75, 3.05) is 15.5 Å². The number of halogens is 1. The maximum Gasteiger partial charge on any atom is 0.338 e. The Labute approximate surface area is 238 Å². The molecule has 40 heavy (non-hydrogen) atoms. The first-order valence-corrected chi connectivity index (χ1v) is 13.4. The molecule has 0 aromatic heterocycles. The maximum atomic E-state index is 13.2. The molecule has 0 atom stereocenters. The number of anilines is 3. The van der Waals surface area contributed by atoms with Gasteiger partial charge in [0.15, 0.2) is 0 Å². The van der Waals surface area contributed by atoms with Crippen molar-refractivity contribution in [2.45, 2.75) is 46.6 Å². The van der Waals surface area contributed by atoms with Gasteiger partial charge in [-0.3, -0.25) is 14.4 Å². The van der Waals surface area contributed by atoms with E-state index in [1.165, 1.54) is 18.2 Å². The van der Waals surface area contributed by atoms with Crippen LogP contribution in [0, 0.1) is 0 Å². The molecule has 3 aromatic carbocycles. The Morgan fingerprint density at radius 1 is 0.875 bits per heavy atom. The summed E-state index contributed by atoms with van der Waals surface area (Å²) in [7, 11) is 0. The quantitative estimate of drug-likeness (QED) is 0.244. The number of nitrogens with one attached hydrogen (secondary N) is 2. The summed E-state index contributed by atoms with van der Waals surface area (Å²) in [5, 5.41) is 5.64. The van der Waals surface area contributed by atoms with Gasteiger partial charge in [0.25, 0.3) is 17.7 Å². The van der Waals surface area contributed by atoms with E-state index < -0.39 is 17.8 Å². The number of imide groups is 1. The van der Waals surface area contributed by atoms with Gasteiger partial charge in [-0.1, -0.05) is 49.7 Å². The highest BCUT2D eigenvalue weighted by molar-refractivity contribution is 6.53. The molecule has 8 nitrogen and oxygen atoms in total. The lowest BCUT2D eigenvalue weighted by Gasteiger charge is -2.16. The fourth-order valence-electron chi connectivity index (χ4n) is 4.34. The van der Waals surface area contributed by atoms with E-state index in [-0.39, 0.29) is 34.0 Å². The first-order valence-electron chi connectivity index (χ1n) is 13.0. The molecule has 0 saturated heterocycles. The maximum absolute atomic E-state index is 13.2. The number of para-hydroxylation sites is 1. The Bertz CT molecular complexity index is 1490. The summed E-state index contributed by atoms with van der Waals surface area (Å²) < 4.78 is 5.21. The fraction of sp³-hybridized carbons (Fsp3) is 0.226. The number of rotatable bonds is 9. The van der Waals surface area contributed by atoms with Crippen molar-refractivity contribution < 1.29 is 23.9 Å². The number of nitrogens with zero attached hydrogens (tertiary/aromatic N) is 1. The smallest absolute Gasteiger partial charge is 0.338 e. The van der Waals surface area contributed by atoms with Crippen LogP contribution in [-0.4, -0.2) is 29.8 Å². The van der Waals surface area contributed by atoms with Crippen LogP contribution in [0.2, 0.25) is 0 Å². The van der Waals surface area contributed by atoms with E-state index >= 15 is 0 Å². The van der Waals surface area contributed by atoms with Gasteiger partial charge in [0.1, 0.15) is 10.7 Å². The standard InChI is InChI=1S/C31H30ClN3O5/c1-5-19-9-7-10-20(6-2)26(19)34-28(36)21-13-15-23(16-14-21)33-27-25(32)29(37)35(30(27)38)24-12-8-11-22(17-24)31(39)40-18(3)4/h7-18,33H,5-6H2,1-4H3,(H,34,36). The summed E-state index contributed by atoms with van der Waals surface area (Å²) in [4.78, 5) is 52.3. The Hall–Kier alpha value is -4.43. The molecule has 1 aliphatic rings. The van der Waals surface area contributed by atoms with E-state index in [0.29, 0.717) is 11.3 Å². The minimum absolute atomic E-state index is 0.108. The van der Waals surface area contributed by atoms with Gasteiger partial charge in [-0.25, -0.2) is 9.69 Å². The molecule has 9 heteroatoms. The third-order valence-corrected chi connectivity index (χ3v) is 6.71. The van der Waals surface area contributed by atoms with E-state index in [2.05, 4.69) is 10.6 Å². The molecule has 1 heterocycles. The lowest BCUT2D eigenvalue weighted by atomic mass is 10.0. The van der Waals surface area contributed by atoms with Gasteiger partial charge in [0.05, 0.1) is 17.4 Å². The van der Waals surface area contributed by atoms with Gasteiger partial charge in [0.2, 0.25) is 0 Å². The second-order valence-electron chi connectivity index (χ2n) is 9.45. The molecule has 1 aliphatic heterocycles. The molecule has 0 radical (unpaired) electrons. The van der Waals surface area contributed by atoms with Crippen LogP contribution in [-0.2, 0) is 27.2 Å². The van der Waals surface area contributed by atoms with Gasteiger partial charge >= 0.3 is 5.97 Å². The predicted molar refractivity (Wildman–Crippen MR) is 156 cm³/mol. The van der Waals surface area contributed by atoms with Crippen LogP contribution in [0.25, 0.3) is 0 Å². The topological polar surface area (TPSA) is 105 Å². The molecule has 0 aliphatic carbocycles. The number of benzene rings is 3. The van der Waals surface area contributed by atoms with Gasteiger partial charge < -0.3 is 15.4 Å². The lowest BCUT2D eigenvalue weighted by Crippen LogP contribution is -2.32. The van der Waals surface area contributed by atoms with Gasteiger partial charge in [-0.2, -0.15) is 0 Å². The van der Waals surface area contributed by atoms with Crippen molar-refractivity contribution in [3.05, 3.63) is 99.7 Å². The molecule has 0 unspecified atom stereocenters. The van der Waals surface area contributed by atoms with Crippen LogP contribution in [0.3, 0.4) is 0 Å². The van der Waals surface area contributed by atoms with E-state index in [1.54, 1.807) is 44.2 Å². The summed E-state index contributed by atoms with van der Waals surface area (Å²) in [6, 6.07) is 18.5. The monoisotopic (exact) mass is 559 g/mol. The van der Waals surface area contributed by atoms with Crippen LogP contribution in [0.5, 0.6) is 0 Å². The Kier molecular flexibility index (Phi) is 8.70.